The zero-order valence-electron chi connectivity index (χ0n) is 13.1. The van der Waals surface area contributed by atoms with Crippen molar-refractivity contribution in [2.24, 2.45) is 0 Å². The summed E-state index contributed by atoms with van der Waals surface area (Å²) in [7, 11) is 0. The van der Waals surface area contributed by atoms with E-state index in [0.29, 0.717) is 5.92 Å². The fraction of sp³-hybridized carbons (Fsp3) is 0.647. The second-order valence-electron chi connectivity index (χ2n) is 5.68. The molecule has 0 amide bonds. The summed E-state index contributed by atoms with van der Waals surface area (Å²) < 4.78 is 6.11. The minimum absolute atomic E-state index is 0.205. The molecule has 1 atom stereocenters. The van der Waals surface area contributed by atoms with Gasteiger partial charge >= 0.3 is 0 Å². The Kier molecular flexibility index (Phi) is 6.93. The molecule has 0 saturated heterocycles. The first-order chi connectivity index (χ1) is 9.04. The van der Waals surface area contributed by atoms with Gasteiger partial charge in [0.05, 0.1) is 0 Å². The average Bonchev–Trinajstić information content (AvgIpc) is 2.34. The molecular weight excluding hydrogens is 234 g/mol. The molecule has 0 aliphatic rings. The van der Waals surface area contributed by atoms with Crippen LogP contribution in [0.25, 0.3) is 0 Å². The van der Waals surface area contributed by atoms with Gasteiger partial charge in [0, 0.05) is 6.54 Å². The molecule has 19 heavy (non-hydrogen) atoms. The number of ether oxygens (including phenoxy) is 1. The van der Waals surface area contributed by atoms with Gasteiger partial charge in [0.15, 0.2) is 0 Å². The summed E-state index contributed by atoms with van der Waals surface area (Å²) in [4.78, 5) is 0. The summed E-state index contributed by atoms with van der Waals surface area (Å²) in [6, 6.07) is 6.50. The monoisotopic (exact) mass is 263 g/mol. The summed E-state index contributed by atoms with van der Waals surface area (Å²) >= 11 is 0. The Balaban J connectivity index is 2.57. The van der Waals surface area contributed by atoms with E-state index in [1.807, 2.05) is 0 Å². The third-order valence-electron chi connectivity index (χ3n) is 3.26. The highest BCUT2D eigenvalue weighted by Gasteiger charge is 2.11. The molecule has 1 aromatic carbocycles. The van der Waals surface area contributed by atoms with Crippen LogP contribution in [0.4, 0.5) is 0 Å². The Hall–Kier alpha value is -1.02. The molecule has 0 saturated carbocycles. The normalized spacial score (nSPS) is 12.7. The van der Waals surface area contributed by atoms with E-state index in [-0.39, 0.29) is 6.10 Å². The summed E-state index contributed by atoms with van der Waals surface area (Å²) in [6.45, 7) is 12.9. The molecule has 1 unspecified atom stereocenters. The lowest BCUT2D eigenvalue weighted by atomic mass is 10.0. The SMILES string of the molecule is CCCCNCC(C)Oc1cc(C)ccc1C(C)C. The number of rotatable bonds is 8. The van der Waals surface area contributed by atoms with Crippen LogP contribution in [0, 0.1) is 6.92 Å². The van der Waals surface area contributed by atoms with E-state index in [1.165, 1.54) is 24.0 Å². The maximum atomic E-state index is 6.11. The third kappa shape index (κ3) is 5.65. The van der Waals surface area contributed by atoms with Gasteiger partial charge in [-0.2, -0.15) is 0 Å². The lowest BCUT2D eigenvalue weighted by Gasteiger charge is -2.20. The minimum atomic E-state index is 0.205. The Bertz CT molecular complexity index is 374. The molecule has 1 aromatic rings. The molecule has 0 fully saturated rings. The Morgan fingerprint density at radius 2 is 1.95 bits per heavy atom. The second kappa shape index (κ2) is 8.21. The zero-order valence-corrected chi connectivity index (χ0v) is 13.1. The van der Waals surface area contributed by atoms with Crippen molar-refractivity contribution in [1.29, 1.82) is 0 Å². The van der Waals surface area contributed by atoms with E-state index in [1.54, 1.807) is 0 Å². The van der Waals surface area contributed by atoms with Crippen LogP contribution in [0.15, 0.2) is 18.2 Å². The number of benzene rings is 1. The predicted octanol–water partition coefficient (Wildman–Crippen LogP) is 4.28. The topological polar surface area (TPSA) is 21.3 Å². The number of unbranched alkanes of at least 4 members (excludes halogenated alkanes) is 1. The van der Waals surface area contributed by atoms with Gasteiger partial charge in [0.2, 0.25) is 0 Å². The van der Waals surface area contributed by atoms with Crippen molar-refractivity contribution < 1.29 is 4.74 Å². The Labute approximate surface area is 118 Å². The molecule has 0 radical (unpaired) electrons. The van der Waals surface area contributed by atoms with E-state index in [0.717, 1.165) is 18.8 Å². The first-order valence-corrected chi connectivity index (χ1v) is 7.52. The lowest BCUT2D eigenvalue weighted by molar-refractivity contribution is 0.214. The standard InChI is InChI=1S/C17H29NO/c1-6-7-10-18-12-15(5)19-17-11-14(4)8-9-16(17)13(2)3/h8-9,11,13,15,18H,6-7,10,12H2,1-5H3. The molecule has 2 nitrogen and oxygen atoms in total. The molecule has 2 heteroatoms. The van der Waals surface area contributed by atoms with E-state index in [2.05, 4.69) is 58.1 Å². The lowest BCUT2D eigenvalue weighted by Crippen LogP contribution is -2.29. The van der Waals surface area contributed by atoms with Crippen LogP contribution in [0.5, 0.6) is 5.75 Å². The van der Waals surface area contributed by atoms with Crippen molar-refractivity contribution >= 4 is 0 Å². The van der Waals surface area contributed by atoms with Crippen LogP contribution in [0.1, 0.15) is 57.6 Å². The fourth-order valence-corrected chi connectivity index (χ4v) is 2.09. The number of hydrogen-bond donors (Lipinski definition) is 1. The van der Waals surface area contributed by atoms with Gasteiger partial charge in [-0.3, -0.25) is 0 Å². The molecule has 0 bridgehead atoms. The third-order valence-corrected chi connectivity index (χ3v) is 3.26. The first-order valence-electron chi connectivity index (χ1n) is 7.52. The van der Waals surface area contributed by atoms with Gasteiger partial charge < -0.3 is 10.1 Å². The van der Waals surface area contributed by atoms with Crippen molar-refractivity contribution in [1.82, 2.24) is 5.32 Å². The summed E-state index contributed by atoms with van der Waals surface area (Å²) in [5.41, 5.74) is 2.55. The van der Waals surface area contributed by atoms with E-state index < -0.39 is 0 Å². The number of aryl methyl sites for hydroxylation is 1. The highest BCUT2D eigenvalue weighted by molar-refractivity contribution is 5.39. The maximum absolute atomic E-state index is 6.11. The van der Waals surface area contributed by atoms with Gasteiger partial charge in [0.25, 0.3) is 0 Å². The van der Waals surface area contributed by atoms with Crippen molar-refractivity contribution in [3.8, 4) is 5.75 Å². The summed E-state index contributed by atoms with van der Waals surface area (Å²) in [6.07, 6.45) is 2.67. The van der Waals surface area contributed by atoms with Gasteiger partial charge in [-0.15, -0.1) is 0 Å². The molecule has 1 rings (SSSR count). The van der Waals surface area contributed by atoms with Crippen LogP contribution in [0.3, 0.4) is 0 Å². The van der Waals surface area contributed by atoms with Crippen molar-refractivity contribution in [3.05, 3.63) is 29.3 Å². The van der Waals surface area contributed by atoms with Crippen LogP contribution >= 0.6 is 0 Å². The Morgan fingerprint density at radius 1 is 1.21 bits per heavy atom. The first kappa shape index (κ1) is 16.0. The molecule has 0 aliphatic heterocycles. The van der Waals surface area contributed by atoms with Crippen LogP contribution in [0.2, 0.25) is 0 Å². The minimum Gasteiger partial charge on any atom is -0.489 e. The van der Waals surface area contributed by atoms with Gasteiger partial charge in [-0.1, -0.05) is 39.3 Å². The van der Waals surface area contributed by atoms with Crippen LogP contribution in [-0.4, -0.2) is 19.2 Å². The van der Waals surface area contributed by atoms with Crippen molar-refractivity contribution in [2.75, 3.05) is 13.1 Å². The predicted molar refractivity (Wildman–Crippen MR) is 83.1 cm³/mol. The van der Waals surface area contributed by atoms with Crippen LogP contribution < -0.4 is 10.1 Å². The molecular formula is C17H29NO. The Morgan fingerprint density at radius 3 is 2.58 bits per heavy atom. The van der Waals surface area contributed by atoms with E-state index in [9.17, 15) is 0 Å². The van der Waals surface area contributed by atoms with Gasteiger partial charge in [-0.05, 0) is 49.9 Å². The van der Waals surface area contributed by atoms with Crippen LogP contribution in [-0.2, 0) is 0 Å². The molecule has 0 aliphatic carbocycles. The maximum Gasteiger partial charge on any atom is 0.123 e. The average molecular weight is 263 g/mol. The second-order valence-corrected chi connectivity index (χ2v) is 5.68. The van der Waals surface area contributed by atoms with Gasteiger partial charge in [0.1, 0.15) is 11.9 Å². The molecule has 1 N–H and O–H groups in total. The summed E-state index contributed by atoms with van der Waals surface area (Å²) in [5.74, 6) is 1.54. The molecule has 0 spiro atoms. The number of nitrogens with one attached hydrogen (secondary N) is 1. The molecule has 0 heterocycles. The number of hydrogen-bond acceptors (Lipinski definition) is 2. The summed E-state index contributed by atoms with van der Waals surface area (Å²) in [5, 5.41) is 3.44. The van der Waals surface area contributed by atoms with Gasteiger partial charge in [-0.25, -0.2) is 0 Å². The van der Waals surface area contributed by atoms with E-state index >= 15 is 0 Å². The van der Waals surface area contributed by atoms with Crippen molar-refractivity contribution in [2.45, 2.75) is 59.5 Å². The quantitative estimate of drug-likeness (QED) is 0.707. The zero-order chi connectivity index (χ0) is 14.3. The highest BCUT2D eigenvalue weighted by atomic mass is 16.5. The fourth-order valence-electron chi connectivity index (χ4n) is 2.09. The smallest absolute Gasteiger partial charge is 0.123 e. The largest absolute Gasteiger partial charge is 0.489 e. The molecule has 108 valence electrons. The van der Waals surface area contributed by atoms with Crippen molar-refractivity contribution in [3.63, 3.8) is 0 Å². The molecule has 0 aromatic heterocycles. The van der Waals surface area contributed by atoms with E-state index in [4.69, 9.17) is 4.74 Å². The highest BCUT2D eigenvalue weighted by Crippen LogP contribution is 2.28.